The summed E-state index contributed by atoms with van der Waals surface area (Å²) in [6.45, 7) is 0.176. The summed E-state index contributed by atoms with van der Waals surface area (Å²) in [5.74, 6) is 0. The van der Waals surface area contributed by atoms with Gasteiger partial charge in [0.2, 0.25) is 10.0 Å². The number of nitrogens with one attached hydrogen (secondary N) is 1. The summed E-state index contributed by atoms with van der Waals surface area (Å²) in [5.41, 5.74) is 2.51. The molecule has 1 N–H and O–H groups in total. The Balaban J connectivity index is 1.52. The van der Waals surface area contributed by atoms with E-state index in [1.807, 2.05) is 35.0 Å². The lowest BCUT2D eigenvalue weighted by atomic mass is 10.2. The molecule has 7 nitrogen and oxygen atoms in total. The predicted molar refractivity (Wildman–Crippen MR) is 105 cm³/mol. The minimum atomic E-state index is -3.68. The lowest BCUT2D eigenvalue weighted by Gasteiger charge is -2.08. The minimum absolute atomic E-state index is 0.120. The van der Waals surface area contributed by atoms with Gasteiger partial charge in [-0.1, -0.05) is 23.5 Å². The number of aryl methyl sites for hydroxylation is 1. The van der Waals surface area contributed by atoms with Crippen molar-refractivity contribution in [3.05, 3.63) is 76.4 Å². The molecular formula is C18H16N4O3S2. The third-order valence-electron chi connectivity index (χ3n) is 4.28. The highest BCUT2D eigenvalue weighted by Crippen LogP contribution is 2.21. The first-order chi connectivity index (χ1) is 12.9. The molecule has 2 aromatic heterocycles. The Bertz CT molecular complexity index is 1250. The second-order valence-electron chi connectivity index (χ2n) is 6.02. The van der Waals surface area contributed by atoms with E-state index in [1.165, 1.54) is 16.7 Å². The molecule has 0 aliphatic rings. The Morgan fingerprint density at radius 1 is 1.15 bits per heavy atom. The number of sulfonamides is 1. The maximum atomic E-state index is 12.6. The highest BCUT2D eigenvalue weighted by Gasteiger charge is 2.16. The molecular weight excluding hydrogens is 384 g/mol. The first-order valence-corrected chi connectivity index (χ1v) is 10.4. The average Bonchev–Trinajstić information content (AvgIpc) is 3.29. The van der Waals surface area contributed by atoms with Crippen LogP contribution in [0.3, 0.4) is 0 Å². The van der Waals surface area contributed by atoms with Gasteiger partial charge in [-0.3, -0.25) is 4.79 Å². The number of rotatable bonds is 5. The van der Waals surface area contributed by atoms with Gasteiger partial charge in [0.1, 0.15) is 0 Å². The van der Waals surface area contributed by atoms with E-state index in [0.717, 1.165) is 28.1 Å². The van der Waals surface area contributed by atoms with Crippen LogP contribution in [-0.4, -0.2) is 22.5 Å². The molecule has 0 spiro atoms. The van der Waals surface area contributed by atoms with E-state index in [4.69, 9.17) is 0 Å². The number of aromatic nitrogens is 3. The number of benzene rings is 2. The first kappa shape index (κ1) is 17.7. The van der Waals surface area contributed by atoms with E-state index in [9.17, 15) is 13.2 Å². The van der Waals surface area contributed by atoms with Crippen LogP contribution < -0.4 is 9.60 Å². The largest absolute Gasteiger partial charge is 0.307 e. The fourth-order valence-corrected chi connectivity index (χ4v) is 4.78. The fraction of sp³-hybridized carbons (Fsp3) is 0.111. The van der Waals surface area contributed by atoms with Gasteiger partial charge in [0, 0.05) is 31.7 Å². The van der Waals surface area contributed by atoms with E-state index < -0.39 is 10.0 Å². The topological polar surface area (TPSA) is 86.0 Å². The molecule has 0 radical (unpaired) electrons. The smallest absolute Gasteiger partial charge is 0.306 e. The number of nitrogens with zero attached hydrogens (tertiary/aromatic N) is 3. The van der Waals surface area contributed by atoms with Crippen LogP contribution in [0.15, 0.2) is 70.9 Å². The lowest BCUT2D eigenvalue weighted by Crippen LogP contribution is -2.23. The van der Waals surface area contributed by atoms with Crippen molar-refractivity contribution in [1.82, 2.24) is 18.8 Å². The quantitative estimate of drug-likeness (QED) is 0.557. The molecule has 0 bridgehead atoms. The Morgan fingerprint density at radius 2 is 1.93 bits per heavy atom. The van der Waals surface area contributed by atoms with Crippen molar-refractivity contribution >= 4 is 31.6 Å². The molecule has 2 heterocycles. The van der Waals surface area contributed by atoms with Crippen LogP contribution >= 0.6 is 11.3 Å². The number of thiazole rings is 1. The SMILES string of the molecule is Cn1c(=O)sc2cc(S(=O)(=O)NCc3ccc(-n4ccnc4)cc3)ccc21. The summed E-state index contributed by atoms with van der Waals surface area (Å²) in [4.78, 5) is 15.8. The van der Waals surface area contributed by atoms with Gasteiger partial charge in [0.25, 0.3) is 0 Å². The predicted octanol–water partition coefficient (Wildman–Crippen LogP) is 2.26. The van der Waals surface area contributed by atoms with Crippen LogP contribution in [0.5, 0.6) is 0 Å². The molecule has 2 aromatic carbocycles. The Labute approximate surface area is 159 Å². The standard InChI is InChI=1S/C18H16N4O3S2/c1-21-16-7-6-15(10-17(16)26-18(21)23)27(24,25)20-11-13-2-4-14(5-3-13)22-9-8-19-12-22/h2-10,12,20H,11H2,1H3. The number of fused-ring (bicyclic) bond motifs is 1. The molecule has 4 rings (SSSR count). The van der Waals surface area contributed by atoms with Crippen molar-refractivity contribution in [1.29, 1.82) is 0 Å². The lowest BCUT2D eigenvalue weighted by molar-refractivity contribution is 0.581. The van der Waals surface area contributed by atoms with Crippen molar-refractivity contribution in [3.63, 3.8) is 0 Å². The van der Waals surface area contributed by atoms with Crippen molar-refractivity contribution in [2.75, 3.05) is 0 Å². The van der Waals surface area contributed by atoms with E-state index >= 15 is 0 Å². The van der Waals surface area contributed by atoms with Crippen molar-refractivity contribution in [3.8, 4) is 5.69 Å². The summed E-state index contributed by atoms with van der Waals surface area (Å²) < 4.78 is 31.8. The van der Waals surface area contributed by atoms with E-state index in [0.29, 0.717) is 4.70 Å². The maximum Gasteiger partial charge on any atom is 0.307 e. The van der Waals surface area contributed by atoms with Crippen LogP contribution in [0.4, 0.5) is 0 Å². The molecule has 0 aliphatic carbocycles. The van der Waals surface area contributed by atoms with Gasteiger partial charge in [-0.15, -0.1) is 0 Å². The normalized spacial score (nSPS) is 11.9. The highest BCUT2D eigenvalue weighted by molar-refractivity contribution is 7.89. The third kappa shape index (κ3) is 3.44. The molecule has 9 heteroatoms. The van der Waals surface area contributed by atoms with Crippen molar-refractivity contribution in [2.45, 2.75) is 11.4 Å². The van der Waals surface area contributed by atoms with Gasteiger partial charge < -0.3 is 9.13 Å². The molecule has 27 heavy (non-hydrogen) atoms. The van der Waals surface area contributed by atoms with Gasteiger partial charge in [0.15, 0.2) is 0 Å². The molecule has 138 valence electrons. The summed E-state index contributed by atoms with van der Waals surface area (Å²) in [7, 11) is -2.01. The number of hydrogen-bond donors (Lipinski definition) is 1. The summed E-state index contributed by atoms with van der Waals surface area (Å²) in [6.07, 6.45) is 5.24. The summed E-state index contributed by atoms with van der Waals surface area (Å²) >= 11 is 1.03. The second-order valence-corrected chi connectivity index (χ2v) is 8.78. The number of imidazole rings is 1. The molecule has 0 unspecified atom stereocenters. The van der Waals surface area contributed by atoms with Crippen LogP contribution in [0.1, 0.15) is 5.56 Å². The van der Waals surface area contributed by atoms with Crippen molar-refractivity contribution < 1.29 is 8.42 Å². The van der Waals surface area contributed by atoms with Gasteiger partial charge in [-0.05, 0) is 35.9 Å². The van der Waals surface area contributed by atoms with E-state index in [1.54, 1.807) is 25.6 Å². The minimum Gasteiger partial charge on any atom is -0.306 e. The zero-order valence-electron chi connectivity index (χ0n) is 14.4. The molecule has 0 aliphatic heterocycles. The van der Waals surface area contributed by atoms with Crippen LogP contribution in [0, 0.1) is 0 Å². The number of hydrogen-bond acceptors (Lipinski definition) is 5. The first-order valence-electron chi connectivity index (χ1n) is 8.10. The molecule has 4 aromatic rings. The van der Waals surface area contributed by atoms with Gasteiger partial charge in [0.05, 0.1) is 21.4 Å². The van der Waals surface area contributed by atoms with Gasteiger partial charge in [-0.2, -0.15) is 0 Å². The molecule has 0 amide bonds. The molecule has 0 saturated carbocycles. The van der Waals surface area contributed by atoms with Crippen LogP contribution in [-0.2, 0) is 23.6 Å². The molecule has 0 atom stereocenters. The average molecular weight is 400 g/mol. The van der Waals surface area contributed by atoms with Crippen molar-refractivity contribution in [2.24, 2.45) is 7.05 Å². The monoisotopic (exact) mass is 400 g/mol. The van der Waals surface area contributed by atoms with E-state index in [2.05, 4.69) is 9.71 Å². The zero-order chi connectivity index (χ0) is 19.0. The molecule has 0 saturated heterocycles. The van der Waals surface area contributed by atoms with Crippen LogP contribution in [0.2, 0.25) is 0 Å². The van der Waals surface area contributed by atoms with Gasteiger partial charge >= 0.3 is 4.87 Å². The Hall–Kier alpha value is -2.75. The van der Waals surface area contributed by atoms with E-state index in [-0.39, 0.29) is 16.3 Å². The third-order valence-corrected chi connectivity index (χ3v) is 6.67. The summed E-state index contributed by atoms with van der Waals surface area (Å²) in [6, 6.07) is 12.2. The fourth-order valence-electron chi connectivity index (χ4n) is 2.74. The molecule has 0 fully saturated rings. The Kier molecular flexibility index (Phi) is 4.42. The van der Waals surface area contributed by atoms with Gasteiger partial charge in [-0.25, -0.2) is 18.1 Å². The summed E-state index contributed by atoms with van der Waals surface area (Å²) in [5, 5.41) is 0. The zero-order valence-corrected chi connectivity index (χ0v) is 16.0. The maximum absolute atomic E-state index is 12.6. The Morgan fingerprint density at radius 3 is 2.63 bits per heavy atom. The second kappa shape index (κ2) is 6.76. The van der Waals surface area contributed by atoms with Crippen LogP contribution in [0.25, 0.3) is 15.9 Å². The highest BCUT2D eigenvalue weighted by atomic mass is 32.2.